The van der Waals surface area contributed by atoms with Gasteiger partial charge in [0, 0.05) is 11.8 Å². The van der Waals surface area contributed by atoms with Gasteiger partial charge in [0.2, 0.25) is 0 Å². The third-order valence-electron chi connectivity index (χ3n) is 4.22. The molecule has 0 heterocycles. The van der Waals surface area contributed by atoms with E-state index < -0.39 is 0 Å². The Kier molecular flexibility index (Phi) is 8.30. The Balaban J connectivity index is 1.67. The number of hydrogen-bond donors (Lipinski definition) is 1. The van der Waals surface area contributed by atoms with E-state index in [0.29, 0.717) is 18.9 Å². The van der Waals surface area contributed by atoms with Crippen LogP contribution in [0.5, 0.6) is 5.75 Å². The molecular formula is C23H27NO3. The van der Waals surface area contributed by atoms with E-state index in [2.05, 4.69) is 18.7 Å². The van der Waals surface area contributed by atoms with E-state index in [1.54, 1.807) is 6.92 Å². The van der Waals surface area contributed by atoms with Gasteiger partial charge in [0.25, 0.3) is 0 Å². The van der Waals surface area contributed by atoms with Crippen LogP contribution in [0.2, 0.25) is 0 Å². The number of carbonyl (C=O) groups is 1. The summed E-state index contributed by atoms with van der Waals surface area (Å²) < 4.78 is 10.7. The van der Waals surface area contributed by atoms with Crippen LogP contribution in [0.15, 0.2) is 61.2 Å². The highest BCUT2D eigenvalue weighted by Crippen LogP contribution is 2.23. The van der Waals surface area contributed by atoms with E-state index >= 15 is 0 Å². The highest BCUT2D eigenvalue weighted by Gasteiger charge is 2.01. The van der Waals surface area contributed by atoms with Gasteiger partial charge >= 0.3 is 5.97 Å². The van der Waals surface area contributed by atoms with Gasteiger partial charge in [-0.2, -0.15) is 0 Å². The molecule has 0 fully saturated rings. The zero-order valence-electron chi connectivity index (χ0n) is 15.9. The molecule has 142 valence electrons. The average Bonchev–Trinajstić information content (AvgIpc) is 2.70. The zero-order chi connectivity index (χ0) is 19.5. The summed E-state index contributed by atoms with van der Waals surface area (Å²) in [5.41, 5.74) is 3.77. The fraction of sp³-hybridized carbons (Fsp3) is 0.304. The first-order chi connectivity index (χ1) is 13.1. The van der Waals surface area contributed by atoms with E-state index in [9.17, 15) is 4.79 Å². The number of hydrogen-bond acceptors (Lipinski definition) is 4. The lowest BCUT2D eigenvalue weighted by atomic mass is 10.0. The molecule has 0 amide bonds. The molecule has 0 aliphatic heterocycles. The lowest BCUT2D eigenvalue weighted by Gasteiger charge is -2.08. The number of ether oxygens (including phenoxy) is 2. The first-order valence-corrected chi connectivity index (χ1v) is 9.28. The van der Waals surface area contributed by atoms with Crippen LogP contribution in [0.4, 0.5) is 0 Å². The molecule has 2 rings (SSSR count). The van der Waals surface area contributed by atoms with Gasteiger partial charge < -0.3 is 14.9 Å². The van der Waals surface area contributed by atoms with Crippen molar-refractivity contribution in [2.24, 2.45) is 0 Å². The number of carbonyl (C=O) groups excluding carboxylic acids is 1. The third-order valence-corrected chi connectivity index (χ3v) is 4.22. The monoisotopic (exact) mass is 365 g/mol. The minimum atomic E-state index is -0.359. The summed E-state index contributed by atoms with van der Waals surface area (Å²) in [6.07, 6.45) is 5.08. The molecule has 4 nitrogen and oxygen atoms in total. The van der Waals surface area contributed by atoms with Crippen molar-refractivity contribution in [2.75, 3.05) is 13.2 Å². The fourth-order valence-corrected chi connectivity index (χ4v) is 2.64. The second-order valence-electron chi connectivity index (χ2n) is 6.36. The Labute approximate surface area is 161 Å². The van der Waals surface area contributed by atoms with Crippen LogP contribution in [-0.2, 0) is 9.53 Å². The molecule has 0 aromatic heterocycles. The van der Waals surface area contributed by atoms with E-state index in [1.165, 1.54) is 6.08 Å². The summed E-state index contributed by atoms with van der Waals surface area (Å²) in [4.78, 5) is 10.9. The lowest BCUT2D eigenvalue weighted by molar-refractivity contribution is -0.137. The van der Waals surface area contributed by atoms with E-state index in [-0.39, 0.29) is 5.97 Å². The Bertz CT molecular complexity index is 748. The van der Waals surface area contributed by atoms with Crippen molar-refractivity contribution in [1.29, 1.82) is 5.41 Å². The van der Waals surface area contributed by atoms with Gasteiger partial charge in [0.1, 0.15) is 5.75 Å². The van der Waals surface area contributed by atoms with Gasteiger partial charge in [0.15, 0.2) is 0 Å². The van der Waals surface area contributed by atoms with Crippen LogP contribution in [0.1, 0.15) is 38.2 Å². The summed E-state index contributed by atoms with van der Waals surface area (Å²) in [5.74, 6) is 0.508. The number of esters is 1. The van der Waals surface area contributed by atoms with Crippen molar-refractivity contribution in [2.45, 2.75) is 32.6 Å². The molecule has 0 saturated carbocycles. The number of benzene rings is 2. The van der Waals surface area contributed by atoms with Crippen LogP contribution >= 0.6 is 0 Å². The molecule has 0 saturated heterocycles. The van der Waals surface area contributed by atoms with Gasteiger partial charge in [0.05, 0.1) is 13.2 Å². The normalized spacial score (nSPS) is 10.3. The molecule has 1 N–H and O–H groups in total. The Morgan fingerprint density at radius 3 is 2.04 bits per heavy atom. The highest BCUT2D eigenvalue weighted by atomic mass is 16.5. The summed E-state index contributed by atoms with van der Waals surface area (Å²) >= 11 is 0. The van der Waals surface area contributed by atoms with Crippen LogP contribution < -0.4 is 4.74 Å². The summed E-state index contributed by atoms with van der Waals surface area (Å²) in [6, 6.07) is 16.1. The van der Waals surface area contributed by atoms with Gasteiger partial charge in [-0.15, -0.1) is 0 Å². The minimum Gasteiger partial charge on any atom is -0.494 e. The number of nitrogens with one attached hydrogen (secondary N) is 1. The SMILES string of the molecule is C=CC(=O)OCCCCCCOc1ccc(-c2ccc(C(C)=N)cc2)cc1. The van der Waals surface area contributed by atoms with Crippen molar-refractivity contribution in [3.63, 3.8) is 0 Å². The molecule has 0 spiro atoms. The first kappa shape index (κ1) is 20.4. The summed E-state index contributed by atoms with van der Waals surface area (Å²) in [6.45, 7) is 6.28. The first-order valence-electron chi connectivity index (χ1n) is 9.28. The van der Waals surface area contributed by atoms with E-state index in [0.717, 1.165) is 48.1 Å². The van der Waals surface area contributed by atoms with Gasteiger partial charge in [-0.05, 0) is 61.4 Å². The predicted octanol–water partition coefficient (Wildman–Crippen LogP) is 5.41. The highest BCUT2D eigenvalue weighted by molar-refractivity contribution is 5.96. The molecule has 4 heteroatoms. The lowest BCUT2D eigenvalue weighted by Crippen LogP contribution is -2.02. The second kappa shape index (κ2) is 11.0. The smallest absolute Gasteiger partial charge is 0.330 e. The largest absolute Gasteiger partial charge is 0.494 e. The van der Waals surface area contributed by atoms with Crippen molar-refractivity contribution >= 4 is 11.7 Å². The molecule has 0 aliphatic carbocycles. The summed E-state index contributed by atoms with van der Waals surface area (Å²) in [7, 11) is 0. The van der Waals surface area contributed by atoms with Crippen molar-refractivity contribution in [1.82, 2.24) is 0 Å². The molecule has 2 aromatic rings. The van der Waals surface area contributed by atoms with E-state index in [1.807, 2.05) is 36.4 Å². The van der Waals surface area contributed by atoms with Gasteiger partial charge in [-0.1, -0.05) is 43.0 Å². The number of unbranched alkanes of at least 4 members (excludes halogenated alkanes) is 3. The Morgan fingerprint density at radius 2 is 1.48 bits per heavy atom. The quantitative estimate of drug-likeness (QED) is 0.251. The second-order valence-corrected chi connectivity index (χ2v) is 6.36. The van der Waals surface area contributed by atoms with Crippen LogP contribution in [-0.4, -0.2) is 24.9 Å². The zero-order valence-corrected chi connectivity index (χ0v) is 15.9. The van der Waals surface area contributed by atoms with Gasteiger partial charge in [-0.3, -0.25) is 0 Å². The minimum absolute atomic E-state index is 0.359. The molecular weight excluding hydrogens is 338 g/mol. The maximum Gasteiger partial charge on any atom is 0.330 e. The standard InChI is InChI=1S/C23H27NO3/c1-3-23(25)27-17-7-5-4-6-16-26-22-14-12-21(13-15-22)20-10-8-19(9-11-20)18(2)24/h3,8-15,24H,1,4-7,16-17H2,2H3. The molecule has 0 aliphatic rings. The molecule has 0 atom stereocenters. The average molecular weight is 365 g/mol. The maximum atomic E-state index is 10.9. The molecule has 0 unspecified atom stereocenters. The van der Waals surface area contributed by atoms with Crippen LogP contribution in [0.3, 0.4) is 0 Å². The fourth-order valence-electron chi connectivity index (χ4n) is 2.64. The molecule has 0 radical (unpaired) electrons. The van der Waals surface area contributed by atoms with E-state index in [4.69, 9.17) is 14.9 Å². The van der Waals surface area contributed by atoms with Crippen molar-refractivity contribution in [3.8, 4) is 16.9 Å². The third kappa shape index (κ3) is 7.10. The van der Waals surface area contributed by atoms with Crippen molar-refractivity contribution in [3.05, 3.63) is 66.7 Å². The maximum absolute atomic E-state index is 10.9. The van der Waals surface area contributed by atoms with Crippen LogP contribution in [0, 0.1) is 5.41 Å². The van der Waals surface area contributed by atoms with Crippen molar-refractivity contribution < 1.29 is 14.3 Å². The molecule has 2 aromatic carbocycles. The van der Waals surface area contributed by atoms with Gasteiger partial charge in [-0.25, -0.2) is 4.79 Å². The summed E-state index contributed by atoms with van der Waals surface area (Å²) in [5, 5.41) is 7.65. The topological polar surface area (TPSA) is 59.4 Å². The molecule has 27 heavy (non-hydrogen) atoms. The molecule has 0 bridgehead atoms. The predicted molar refractivity (Wildman–Crippen MR) is 109 cm³/mol. The van der Waals surface area contributed by atoms with Crippen LogP contribution in [0.25, 0.3) is 11.1 Å². The Morgan fingerprint density at radius 1 is 0.926 bits per heavy atom. The number of rotatable bonds is 11. The Hall–Kier alpha value is -2.88.